The van der Waals surface area contributed by atoms with Gasteiger partial charge >= 0.3 is 0 Å². The molecule has 22 heavy (non-hydrogen) atoms. The van der Waals surface area contributed by atoms with E-state index in [1.807, 2.05) is 19.9 Å². The molecule has 0 radical (unpaired) electrons. The van der Waals surface area contributed by atoms with Gasteiger partial charge in [0.15, 0.2) is 6.23 Å². The van der Waals surface area contributed by atoms with Gasteiger partial charge in [-0.15, -0.1) is 0 Å². The fraction of sp³-hybridized carbons (Fsp3) is 0.500. The predicted molar refractivity (Wildman–Crippen MR) is 78.8 cm³/mol. The zero-order valence-electron chi connectivity index (χ0n) is 12.6. The van der Waals surface area contributed by atoms with Crippen LogP contribution >= 0.6 is 0 Å². The largest absolute Gasteiger partial charge is 0.372 e. The summed E-state index contributed by atoms with van der Waals surface area (Å²) < 4.78 is 0. The van der Waals surface area contributed by atoms with Crippen molar-refractivity contribution < 1.29 is 19.8 Å². The summed E-state index contributed by atoms with van der Waals surface area (Å²) in [6.07, 6.45) is -1.68. The molecular weight excluding hydrogens is 284 g/mol. The van der Waals surface area contributed by atoms with Crippen molar-refractivity contribution in [2.75, 3.05) is 0 Å². The van der Waals surface area contributed by atoms with Crippen molar-refractivity contribution >= 4 is 11.8 Å². The lowest BCUT2D eigenvalue weighted by molar-refractivity contribution is -0.132. The molecule has 1 aromatic rings. The van der Waals surface area contributed by atoms with Gasteiger partial charge in [-0.2, -0.15) is 0 Å². The van der Waals surface area contributed by atoms with Crippen molar-refractivity contribution in [3.8, 4) is 0 Å². The number of benzene rings is 1. The molecule has 1 saturated heterocycles. The quantitative estimate of drug-likeness (QED) is 0.756. The average molecular weight is 304 g/mol. The van der Waals surface area contributed by atoms with Crippen LogP contribution < -0.4 is 5.32 Å². The van der Waals surface area contributed by atoms with Gasteiger partial charge in [-0.05, 0) is 24.0 Å². The Bertz CT molecular complexity index is 629. The molecule has 0 spiro atoms. The fourth-order valence-electron chi connectivity index (χ4n) is 3.14. The number of nitrogens with one attached hydrogen (secondary N) is 1. The molecule has 0 saturated carbocycles. The fourth-order valence-corrected chi connectivity index (χ4v) is 3.14. The summed E-state index contributed by atoms with van der Waals surface area (Å²) in [6.45, 7) is 4.07. The highest BCUT2D eigenvalue weighted by Crippen LogP contribution is 2.37. The lowest BCUT2D eigenvalue weighted by Crippen LogP contribution is -2.56. The number of hydrogen-bond donors (Lipinski definition) is 3. The minimum Gasteiger partial charge on any atom is -0.372 e. The van der Waals surface area contributed by atoms with E-state index in [4.69, 9.17) is 0 Å². The molecule has 0 bridgehead atoms. The number of hydrogen-bond acceptors (Lipinski definition) is 4. The van der Waals surface area contributed by atoms with Crippen LogP contribution in [0, 0.1) is 0 Å². The molecule has 0 aliphatic carbocycles. The number of carbonyl (C=O) groups excluding carboxylic acids is 2. The van der Waals surface area contributed by atoms with Gasteiger partial charge in [0.25, 0.3) is 5.91 Å². The molecule has 1 fully saturated rings. The Labute approximate surface area is 128 Å². The van der Waals surface area contributed by atoms with E-state index in [1.165, 1.54) is 4.90 Å². The van der Waals surface area contributed by atoms with E-state index < -0.39 is 18.5 Å². The molecule has 0 aromatic heterocycles. The molecule has 3 rings (SSSR count). The van der Waals surface area contributed by atoms with Crippen molar-refractivity contribution in [2.45, 2.75) is 51.1 Å². The summed E-state index contributed by atoms with van der Waals surface area (Å²) >= 11 is 0. The van der Waals surface area contributed by atoms with Crippen molar-refractivity contribution in [1.82, 2.24) is 10.2 Å². The van der Waals surface area contributed by atoms with Gasteiger partial charge in [0.1, 0.15) is 6.23 Å². The minimum atomic E-state index is -1.15. The first-order chi connectivity index (χ1) is 10.4. The number of fused-ring (bicyclic) bond motifs is 1. The average Bonchev–Trinajstić information content (AvgIpc) is 2.71. The molecule has 1 aromatic carbocycles. The van der Waals surface area contributed by atoms with Crippen LogP contribution in [0.25, 0.3) is 0 Å². The first-order valence-electron chi connectivity index (χ1n) is 7.52. The van der Waals surface area contributed by atoms with Crippen LogP contribution in [0.2, 0.25) is 0 Å². The number of piperidine rings is 1. The number of nitrogens with zero attached hydrogens (tertiary/aromatic N) is 1. The Hall–Kier alpha value is -1.92. The van der Waals surface area contributed by atoms with Crippen molar-refractivity contribution in [3.63, 3.8) is 0 Å². The molecule has 6 nitrogen and oxygen atoms in total. The van der Waals surface area contributed by atoms with Crippen LogP contribution in [0.1, 0.15) is 60.3 Å². The highest BCUT2D eigenvalue weighted by molar-refractivity contribution is 5.99. The minimum absolute atomic E-state index is 0.228. The van der Waals surface area contributed by atoms with Gasteiger partial charge in [0.2, 0.25) is 5.91 Å². The van der Waals surface area contributed by atoms with Crippen molar-refractivity contribution in [1.29, 1.82) is 0 Å². The Balaban J connectivity index is 1.93. The van der Waals surface area contributed by atoms with E-state index in [9.17, 15) is 19.8 Å². The monoisotopic (exact) mass is 304 g/mol. The number of aliphatic hydroxyl groups is 2. The summed E-state index contributed by atoms with van der Waals surface area (Å²) in [6, 6.07) is 4.86. The molecule has 118 valence electrons. The van der Waals surface area contributed by atoms with Gasteiger partial charge in [0, 0.05) is 17.5 Å². The second-order valence-electron chi connectivity index (χ2n) is 6.21. The summed E-state index contributed by atoms with van der Waals surface area (Å²) in [5, 5.41) is 22.9. The van der Waals surface area contributed by atoms with Crippen LogP contribution in [0.15, 0.2) is 18.2 Å². The molecule has 3 atom stereocenters. The van der Waals surface area contributed by atoms with E-state index in [2.05, 4.69) is 5.32 Å². The maximum absolute atomic E-state index is 12.7. The normalized spacial score (nSPS) is 28.0. The molecule has 2 amide bonds. The SMILES string of the molecule is CC(C)c1ccc2c(c1)C(=O)N(C1CCC(=O)NC1O)C2O. The topological polar surface area (TPSA) is 89.9 Å². The zero-order chi connectivity index (χ0) is 16.0. The van der Waals surface area contributed by atoms with E-state index >= 15 is 0 Å². The molecule has 6 heteroatoms. The van der Waals surface area contributed by atoms with E-state index in [0.29, 0.717) is 17.5 Å². The van der Waals surface area contributed by atoms with Gasteiger partial charge < -0.3 is 20.4 Å². The molecule has 2 aliphatic heterocycles. The smallest absolute Gasteiger partial charge is 0.257 e. The molecule has 2 heterocycles. The number of aliphatic hydroxyl groups excluding tert-OH is 2. The lowest BCUT2D eigenvalue weighted by Gasteiger charge is -2.37. The van der Waals surface area contributed by atoms with Crippen LogP contribution in [-0.4, -0.2) is 39.2 Å². The van der Waals surface area contributed by atoms with Crippen LogP contribution in [0.4, 0.5) is 0 Å². The number of carbonyl (C=O) groups is 2. The third-order valence-electron chi connectivity index (χ3n) is 4.45. The van der Waals surface area contributed by atoms with Crippen molar-refractivity contribution in [3.05, 3.63) is 34.9 Å². The van der Waals surface area contributed by atoms with Gasteiger partial charge in [0.05, 0.1) is 6.04 Å². The highest BCUT2D eigenvalue weighted by Gasteiger charge is 2.44. The van der Waals surface area contributed by atoms with Crippen LogP contribution in [0.3, 0.4) is 0 Å². The lowest BCUT2D eigenvalue weighted by atomic mass is 9.98. The maximum atomic E-state index is 12.7. The second-order valence-corrected chi connectivity index (χ2v) is 6.21. The zero-order valence-corrected chi connectivity index (χ0v) is 12.6. The molecule has 2 aliphatic rings. The molecule has 3 N–H and O–H groups in total. The third kappa shape index (κ3) is 2.28. The number of amides is 2. The van der Waals surface area contributed by atoms with E-state index in [-0.39, 0.29) is 24.2 Å². The first kappa shape index (κ1) is 15.0. The Morgan fingerprint density at radius 3 is 2.64 bits per heavy atom. The first-order valence-corrected chi connectivity index (χ1v) is 7.52. The molecular formula is C16H20N2O4. The van der Waals surface area contributed by atoms with Gasteiger partial charge in [-0.1, -0.05) is 26.0 Å². The van der Waals surface area contributed by atoms with Crippen LogP contribution in [-0.2, 0) is 4.79 Å². The summed E-state index contributed by atoms with van der Waals surface area (Å²) in [7, 11) is 0. The highest BCUT2D eigenvalue weighted by atomic mass is 16.3. The van der Waals surface area contributed by atoms with E-state index in [0.717, 1.165) is 5.56 Å². The predicted octanol–water partition coefficient (Wildman–Crippen LogP) is 0.854. The van der Waals surface area contributed by atoms with Gasteiger partial charge in [-0.25, -0.2) is 0 Å². The second kappa shape index (κ2) is 5.37. The molecule has 3 unspecified atom stereocenters. The van der Waals surface area contributed by atoms with Crippen LogP contribution in [0.5, 0.6) is 0 Å². The standard InChI is InChI=1S/C16H20N2O4/c1-8(2)9-3-4-10-11(7-9)16(22)18(15(10)21)12-5-6-13(19)17-14(12)20/h3-4,7-8,12,14-15,20-21H,5-6H2,1-2H3,(H,17,19). The maximum Gasteiger partial charge on any atom is 0.257 e. The summed E-state index contributed by atoms with van der Waals surface area (Å²) in [5.41, 5.74) is 2.06. The van der Waals surface area contributed by atoms with Gasteiger partial charge in [-0.3, -0.25) is 9.59 Å². The summed E-state index contributed by atoms with van der Waals surface area (Å²) in [4.78, 5) is 25.2. The Morgan fingerprint density at radius 2 is 2.00 bits per heavy atom. The van der Waals surface area contributed by atoms with Crippen molar-refractivity contribution in [2.24, 2.45) is 0 Å². The Morgan fingerprint density at radius 1 is 1.27 bits per heavy atom. The number of rotatable bonds is 2. The van der Waals surface area contributed by atoms with E-state index in [1.54, 1.807) is 12.1 Å². The summed E-state index contributed by atoms with van der Waals surface area (Å²) in [5.74, 6) is -0.265. The third-order valence-corrected chi connectivity index (χ3v) is 4.45. The Kier molecular flexibility index (Phi) is 3.66.